The Bertz CT molecular complexity index is 1830. The van der Waals surface area contributed by atoms with Crippen LogP contribution in [0.1, 0.15) is 24.0 Å². The van der Waals surface area contributed by atoms with Gasteiger partial charge in [-0.25, -0.2) is 0 Å². The molecular weight excluding hydrogens is 458 g/mol. The van der Waals surface area contributed by atoms with Gasteiger partial charge in [0.05, 0.1) is 11.0 Å². The van der Waals surface area contributed by atoms with E-state index in [0.29, 0.717) is 0 Å². The van der Waals surface area contributed by atoms with Crippen molar-refractivity contribution in [3.63, 3.8) is 0 Å². The van der Waals surface area contributed by atoms with Gasteiger partial charge < -0.3 is 4.57 Å². The fraction of sp³-hybridized carbons (Fsp3) is 0.0811. The smallest absolute Gasteiger partial charge is 0.0538 e. The van der Waals surface area contributed by atoms with E-state index < -0.39 is 0 Å². The maximum Gasteiger partial charge on any atom is 0.0538 e. The maximum absolute atomic E-state index is 2.47. The zero-order chi connectivity index (χ0) is 25.5. The summed E-state index contributed by atoms with van der Waals surface area (Å²) in [6, 6.07) is 44.1. The van der Waals surface area contributed by atoms with Gasteiger partial charge in [-0.2, -0.15) is 0 Å². The van der Waals surface area contributed by atoms with Gasteiger partial charge in [0, 0.05) is 16.5 Å². The molecule has 5 aromatic carbocycles. The fourth-order valence-electron chi connectivity index (χ4n) is 5.77. The topological polar surface area (TPSA) is 4.93 Å². The lowest BCUT2D eigenvalue weighted by atomic mass is 9.94. The summed E-state index contributed by atoms with van der Waals surface area (Å²) in [5.41, 5.74) is 12.9. The van der Waals surface area contributed by atoms with Gasteiger partial charge in [-0.3, -0.25) is 0 Å². The van der Waals surface area contributed by atoms with Crippen molar-refractivity contribution in [3.05, 3.63) is 145 Å². The van der Waals surface area contributed by atoms with E-state index in [-0.39, 0.29) is 0 Å². The summed E-state index contributed by atoms with van der Waals surface area (Å²) in [5.74, 6) is 0. The van der Waals surface area contributed by atoms with Crippen molar-refractivity contribution in [1.29, 1.82) is 0 Å². The summed E-state index contributed by atoms with van der Waals surface area (Å²) in [7, 11) is 0. The third kappa shape index (κ3) is 3.97. The Morgan fingerprint density at radius 1 is 0.474 bits per heavy atom. The summed E-state index contributed by atoms with van der Waals surface area (Å²) in [4.78, 5) is 0. The van der Waals surface area contributed by atoms with Gasteiger partial charge in [0.1, 0.15) is 0 Å². The number of benzene rings is 5. The minimum Gasteiger partial charge on any atom is -0.313 e. The normalized spacial score (nSPS) is 13.5. The molecule has 0 spiro atoms. The van der Waals surface area contributed by atoms with Crippen molar-refractivity contribution < 1.29 is 0 Å². The van der Waals surface area contributed by atoms with Crippen LogP contribution in [-0.2, 0) is 0 Å². The molecule has 6 aromatic rings. The van der Waals surface area contributed by atoms with E-state index in [1.165, 1.54) is 66.5 Å². The zero-order valence-corrected chi connectivity index (χ0v) is 21.6. The molecule has 1 aliphatic carbocycles. The molecular formula is C37H29N. The maximum atomic E-state index is 2.47. The molecule has 0 atom stereocenters. The number of fused-ring (bicyclic) bond motifs is 3. The quantitative estimate of drug-likeness (QED) is 0.233. The van der Waals surface area contributed by atoms with Gasteiger partial charge in [-0.1, -0.05) is 115 Å². The van der Waals surface area contributed by atoms with Crippen LogP contribution in [0.25, 0.3) is 55.3 Å². The molecule has 0 saturated heterocycles. The number of rotatable bonds is 4. The predicted molar refractivity (Wildman–Crippen MR) is 163 cm³/mol. The van der Waals surface area contributed by atoms with Crippen LogP contribution in [0.2, 0.25) is 0 Å². The summed E-state index contributed by atoms with van der Waals surface area (Å²) >= 11 is 0. The molecule has 182 valence electrons. The second kappa shape index (κ2) is 9.36. The molecule has 7 rings (SSSR count). The molecule has 0 N–H and O–H groups in total. The lowest BCUT2D eigenvalue weighted by molar-refractivity contribution is 0.992. The summed E-state index contributed by atoms with van der Waals surface area (Å²) < 4.78 is 2.47. The van der Waals surface area contributed by atoms with Crippen molar-refractivity contribution in [3.8, 4) is 22.3 Å². The number of allylic oxidation sites excluding steroid dienone is 4. The van der Waals surface area contributed by atoms with Crippen molar-refractivity contribution >= 4 is 33.1 Å². The lowest BCUT2D eigenvalue weighted by Gasteiger charge is -2.18. The second-order valence-corrected chi connectivity index (χ2v) is 10.2. The van der Waals surface area contributed by atoms with Crippen LogP contribution in [-0.4, -0.2) is 4.57 Å². The van der Waals surface area contributed by atoms with Crippen molar-refractivity contribution in [2.75, 3.05) is 0 Å². The first-order valence-electron chi connectivity index (χ1n) is 13.4. The monoisotopic (exact) mass is 487 g/mol. The molecule has 0 radical (unpaired) electrons. The summed E-state index contributed by atoms with van der Waals surface area (Å²) in [6.07, 6.45) is 6.69. The predicted octanol–water partition coefficient (Wildman–Crippen LogP) is 10.2. The van der Waals surface area contributed by atoms with Crippen LogP contribution < -0.4 is 0 Å². The van der Waals surface area contributed by atoms with E-state index in [9.17, 15) is 0 Å². The molecule has 0 fully saturated rings. The molecule has 38 heavy (non-hydrogen) atoms. The lowest BCUT2D eigenvalue weighted by Crippen LogP contribution is -2.01. The van der Waals surface area contributed by atoms with Gasteiger partial charge in [0.2, 0.25) is 0 Å². The van der Waals surface area contributed by atoms with Crippen molar-refractivity contribution in [2.24, 2.45) is 0 Å². The number of hydrogen-bond donors (Lipinski definition) is 0. The Labute approximate surface area is 224 Å². The Morgan fingerprint density at radius 3 is 1.82 bits per heavy atom. The highest BCUT2D eigenvalue weighted by molar-refractivity contribution is 6.11. The Balaban J connectivity index is 1.25. The summed E-state index contributed by atoms with van der Waals surface area (Å²) in [5, 5.41) is 2.62. The highest BCUT2D eigenvalue weighted by Crippen LogP contribution is 2.38. The van der Waals surface area contributed by atoms with Crippen LogP contribution in [0.3, 0.4) is 0 Å². The largest absolute Gasteiger partial charge is 0.313 e. The number of nitrogens with zero attached hydrogens (tertiary/aromatic N) is 1. The van der Waals surface area contributed by atoms with Gasteiger partial charge >= 0.3 is 0 Å². The third-order valence-corrected chi connectivity index (χ3v) is 7.83. The molecule has 1 heteroatoms. The van der Waals surface area contributed by atoms with E-state index in [0.717, 1.165) is 12.8 Å². The van der Waals surface area contributed by atoms with E-state index in [1.54, 1.807) is 0 Å². The van der Waals surface area contributed by atoms with Gasteiger partial charge in [-0.15, -0.1) is 0 Å². The zero-order valence-electron chi connectivity index (χ0n) is 21.6. The van der Waals surface area contributed by atoms with Crippen LogP contribution >= 0.6 is 0 Å². The molecule has 0 unspecified atom stereocenters. The van der Waals surface area contributed by atoms with Gasteiger partial charge in [0.15, 0.2) is 0 Å². The second-order valence-electron chi connectivity index (χ2n) is 10.2. The molecule has 1 aromatic heterocycles. The molecule has 0 aliphatic heterocycles. The Hall–Kier alpha value is -4.62. The highest BCUT2D eigenvalue weighted by atomic mass is 15.0. The Morgan fingerprint density at radius 2 is 1.08 bits per heavy atom. The van der Waals surface area contributed by atoms with Gasteiger partial charge in [-0.05, 0) is 77.4 Å². The highest BCUT2D eigenvalue weighted by Gasteiger charge is 2.17. The number of hydrogen-bond acceptors (Lipinski definition) is 0. The van der Waals surface area contributed by atoms with Gasteiger partial charge in [0.25, 0.3) is 0 Å². The van der Waals surface area contributed by atoms with Crippen molar-refractivity contribution in [1.82, 2.24) is 4.57 Å². The number of aryl methyl sites for hydroxylation is 1. The van der Waals surface area contributed by atoms with Crippen molar-refractivity contribution in [2.45, 2.75) is 19.8 Å². The minimum atomic E-state index is 1.01. The number of aromatic nitrogens is 1. The molecule has 1 heterocycles. The SMILES string of the molecule is Cc1ccc(-c2ccc(C3=CC=C(n4c5ccccc5c5cc(-c6ccccc6)ccc54)CC3)cc2)cc1. The van der Waals surface area contributed by atoms with Crippen LogP contribution in [0.15, 0.2) is 133 Å². The molecule has 1 aliphatic rings. The first-order valence-corrected chi connectivity index (χ1v) is 13.4. The minimum absolute atomic E-state index is 1.01. The van der Waals surface area contributed by atoms with Crippen LogP contribution in [0.5, 0.6) is 0 Å². The van der Waals surface area contributed by atoms with Crippen LogP contribution in [0, 0.1) is 6.92 Å². The van der Waals surface area contributed by atoms with E-state index in [4.69, 9.17) is 0 Å². The molecule has 0 saturated carbocycles. The third-order valence-electron chi connectivity index (χ3n) is 7.83. The van der Waals surface area contributed by atoms with E-state index in [2.05, 4.69) is 145 Å². The fourth-order valence-corrected chi connectivity index (χ4v) is 5.77. The average molecular weight is 488 g/mol. The molecule has 0 amide bonds. The summed E-state index contributed by atoms with van der Waals surface area (Å²) in [6.45, 7) is 2.13. The number of para-hydroxylation sites is 1. The van der Waals surface area contributed by atoms with E-state index in [1.807, 2.05) is 0 Å². The molecule has 0 bridgehead atoms. The first-order chi connectivity index (χ1) is 18.7. The first kappa shape index (κ1) is 22.6. The Kier molecular flexibility index (Phi) is 5.56. The molecule has 1 nitrogen and oxygen atoms in total. The van der Waals surface area contributed by atoms with Crippen LogP contribution in [0.4, 0.5) is 0 Å². The standard InChI is InChI=1S/C37H29N/c1-26-11-13-28(14-12-26)29-15-17-30(18-16-29)31-19-22-33(23-20-31)38-36-10-6-5-9-34(36)35-25-32(21-24-37(35)38)27-7-3-2-4-8-27/h2-19,21-22,24-25H,20,23H2,1H3. The average Bonchev–Trinajstić information content (AvgIpc) is 3.32. The van der Waals surface area contributed by atoms with E-state index >= 15 is 0 Å².